The van der Waals surface area contributed by atoms with Gasteiger partial charge in [-0.3, -0.25) is 4.79 Å². The zero-order valence-electron chi connectivity index (χ0n) is 18.6. The zero-order valence-corrected chi connectivity index (χ0v) is 19.6. The molecule has 1 fully saturated rings. The van der Waals surface area contributed by atoms with E-state index in [1.54, 1.807) is 7.11 Å². The van der Waals surface area contributed by atoms with Crippen molar-refractivity contribution in [2.75, 3.05) is 13.7 Å². The van der Waals surface area contributed by atoms with E-state index in [1.165, 1.54) is 12.0 Å². The van der Waals surface area contributed by atoms with Crippen molar-refractivity contribution in [2.24, 2.45) is 17.8 Å². The number of hydrogen-bond acceptors (Lipinski definition) is 3. The Kier molecular flexibility index (Phi) is 8.76. The van der Waals surface area contributed by atoms with E-state index in [0.717, 1.165) is 19.4 Å². The Morgan fingerprint density at radius 1 is 1.31 bits per heavy atom. The third-order valence-corrected chi connectivity index (χ3v) is 10.9. The first-order valence-corrected chi connectivity index (χ1v) is 13.2. The van der Waals surface area contributed by atoms with Crippen molar-refractivity contribution < 1.29 is 14.0 Å². The molecule has 0 spiro atoms. The van der Waals surface area contributed by atoms with Gasteiger partial charge < -0.3 is 9.16 Å². The Labute approximate surface area is 163 Å². The highest BCUT2D eigenvalue weighted by Gasteiger charge is 2.42. The predicted octanol–water partition coefficient (Wildman–Crippen LogP) is 6.00. The summed E-state index contributed by atoms with van der Waals surface area (Å²) in [6.45, 7) is 18.8. The van der Waals surface area contributed by atoms with E-state index in [4.69, 9.17) is 9.16 Å². The van der Waals surface area contributed by atoms with Gasteiger partial charge in [-0.1, -0.05) is 46.3 Å². The monoisotopic (exact) mass is 382 g/mol. The summed E-state index contributed by atoms with van der Waals surface area (Å²) in [5, 5.41) is 0.204. The number of hydrogen-bond donors (Lipinski definition) is 0. The number of methoxy groups -OCH3 is 1. The lowest BCUT2D eigenvalue weighted by molar-refractivity contribution is -0.136. The summed E-state index contributed by atoms with van der Waals surface area (Å²) >= 11 is 0. The molecule has 0 aromatic heterocycles. The molecule has 0 aliphatic heterocycles. The smallest absolute Gasteiger partial charge is 0.191 e. The van der Waals surface area contributed by atoms with Crippen molar-refractivity contribution in [3.05, 3.63) is 11.6 Å². The van der Waals surface area contributed by atoms with E-state index >= 15 is 0 Å². The van der Waals surface area contributed by atoms with Gasteiger partial charge in [0.1, 0.15) is 6.10 Å². The second-order valence-corrected chi connectivity index (χ2v) is 14.7. The molecule has 4 heteroatoms. The van der Waals surface area contributed by atoms with E-state index in [2.05, 4.69) is 60.7 Å². The van der Waals surface area contributed by atoms with Crippen molar-refractivity contribution in [3.63, 3.8) is 0 Å². The van der Waals surface area contributed by atoms with Gasteiger partial charge in [-0.2, -0.15) is 0 Å². The first-order valence-electron chi connectivity index (χ1n) is 10.3. The summed E-state index contributed by atoms with van der Waals surface area (Å²) in [6.07, 6.45) is 5.79. The molecule has 26 heavy (non-hydrogen) atoms. The molecule has 0 N–H and O–H groups in total. The van der Waals surface area contributed by atoms with Crippen molar-refractivity contribution in [3.8, 4) is 0 Å². The Hall–Kier alpha value is -0.453. The lowest BCUT2D eigenvalue weighted by Crippen LogP contribution is -2.47. The van der Waals surface area contributed by atoms with Gasteiger partial charge in [0, 0.05) is 26.1 Å². The molecular formula is C22H42O3Si. The molecule has 152 valence electrons. The van der Waals surface area contributed by atoms with Gasteiger partial charge in [0.2, 0.25) is 0 Å². The highest BCUT2D eigenvalue weighted by Crippen LogP contribution is 2.40. The second-order valence-electron chi connectivity index (χ2n) is 9.94. The van der Waals surface area contributed by atoms with E-state index in [1.807, 2.05) is 0 Å². The van der Waals surface area contributed by atoms with Gasteiger partial charge in [0.15, 0.2) is 14.1 Å². The average molecular weight is 383 g/mol. The third-order valence-electron chi connectivity index (χ3n) is 6.37. The van der Waals surface area contributed by atoms with Crippen LogP contribution >= 0.6 is 0 Å². The maximum absolute atomic E-state index is 12.4. The molecule has 2 unspecified atom stereocenters. The third kappa shape index (κ3) is 6.31. The van der Waals surface area contributed by atoms with Gasteiger partial charge in [0.05, 0.1) is 0 Å². The summed E-state index contributed by atoms with van der Waals surface area (Å²) in [5.74, 6) is 1.46. The molecule has 1 aliphatic carbocycles. The standard InChI is InChI=1S/C22H42O3Si/c1-16(2)11-10-12-17(3)20-18(13-14-19(23)21(20)24-7)15-25-26(8,9)22(4,5)6/h12,16,18,20-21H,10-11,13-15H2,1-9H3/t18?,20?,21-/m1/s1. The minimum absolute atomic E-state index is 0.151. The van der Waals surface area contributed by atoms with Gasteiger partial charge in [-0.05, 0) is 56.2 Å². The Morgan fingerprint density at radius 2 is 1.92 bits per heavy atom. The Morgan fingerprint density at radius 3 is 2.42 bits per heavy atom. The van der Waals surface area contributed by atoms with Crippen LogP contribution < -0.4 is 0 Å². The molecule has 0 saturated heterocycles. The van der Waals surface area contributed by atoms with Crippen LogP contribution in [0.4, 0.5) is 0 Å². The highest BCUT2D eigenvalue weighted by atomic mass is 28.4. The molecule has 0 aromatic carbocycles. The first kappa shape index (κ1) is 23.6. The fourth-order valence-electron chi connectivity index (χ4n) is 3.48. The largest absolute Gasteiger partial charge is 0.417 e. The van der Waals surface area contributed by atoms with E-state index < -0.39 is 8.32 Å². The number of ketones is 1. The van der Waals surface area contributed by atoms with Gasteiger partial charge >= 0.3 is 0 Å². The average Bonchev–Trinajstić information content (AvgIpc) is 2.51. The molecule has 3 atom stereocenters. The number of allylic oxidation sites excluding steroid dienone is 1. The number of rotatable bonds is 8. The lowest BCUT2D eigenvalue weighted by atomic mass is 9.73. The molecule has 1 saturated carbocycles. The van der Waals surface area contributed by atoms with Crippen LogP contribution in [0.3, 0.4) is 0 Å². The molecule has 1 aliphatic rings. The number of carbonyl (C=O) groups excluding carboxylic acids is 1. The van der Waals surface area contributed by atoms with Gasteiger partial charge in [-0.25, -0.2) is 0 Å². The van der Waals surface area contributed by atoms with Crippen LogP contribution in [0.25, 0.3) is 0 Å². The highest BCUT2D eigenvalue weighted by molar-refractivity contribution is 6.74. The number of carbonyl (C=O) groups is 1. The van der Waals surface area contributed by atoms with E-state index in [0.29, 0.717) is 18.3 Å². The maximum atomic E-state index is 12.4. The normalized spacial score (nSPS) is 25.8. The molecule has 0 aromatic rings. The predicted molar refractivity (Wildman–Crippen MR) is 113 cm³/mol. The van der Waals surface area contributed by atoms with Crippen molar-refractivity contribution in [1.82, 2.24) is 0 Å². The SMILES string of the molecule is CO[C@@H]1C(=O)CCC(CO[Si](C)(C)C(C)(C)C)C1C(C)=CCCC(C)C. The Balaban J connectivity index is 2.94. The minimum Gasteiger partial charge on any atom is -0.417 e. The van der Waals surface area contributed by atoms with E-state index in [-0.39, 0.29) is 22.8 Å². The quantitative estimate of drug-likeness (QED) is 0.381. The summed E-state index contributed by atoms with van der Waals surface area (Å²) in [4.78, 5) is 12.4. The van der Waals surface area contributed by atoms with Crippen LogP contribution in [-0.2, 0) is 14.0 Å². The molecular weight excluding hydrogens is 340 g/mol. The van der Waals surface area contributed by atoms with Gasteiger partial charge in [0.25, 0.3) is 0 Å². The molecule has 0 amide bonds. The number of Topliss-reactive ketones (excluding diaryl/α,β-unsaturated/α-hetero) is 1. The molecule has 1 rings (SSSR count). The first-order chi connectivity index (χ1) is 11.9. The van der Waals surface area contributed by atoms with E-state index in [9.17, 15) is 4.79 Å². The molecule has 0 heterocycles. The Bertz CT molecular complexity index is 488. The van der Waals surface area contributed by atoms with Crippen LogP contribution in [0.1, 0.15) is 67.2 Å². The fourth-order valence-corrected chi connectivity index (χ4v) is 4.55. The number of ether oxygens (including phenoxy) is 1. The summed E-state index contributed by atoms with van der Waals surface area (Å²) in [6, 6.07) is 0. The van der Waals surface area contributed by atoms with Crippen LogP contribution in [0.15, 0.2) is 11.6 Å². The van der Waals surface area contributed by atoms with Crippen LogP contribution in [0.2, 0.25) is 18.1 Å². The van der Waals surface area contributed by atoms with Crippen LogP contribution in [0.5, 0.6) is 0 Å². The van der Waals surface area contributed by atoms with Crippen molar-refractivity contribution in [2.45, 2.75) is 91.5 Å². The lowest BCUT2D eigenvalue weighted by Gasteiger charge is -2.41. The van der Waals surface area contributed by atoms with Crippen molar-refractivity contribution >= 4 is 14.1 Å². The maximum Gasteiger partial charge on any atom is 0.191 e. The molecule has 3 nitrogen and oxygen atoms in total. The fraction of sp³-hybridized carbons (Fsp3) is 0.864. The van der Waals surface area contributed by atoms with Gasteiger partial charge in [-0.15, -0.1) is 0 Å². The summed E-state index contributed by atoms with van der Waals surface area (Å²) in [5.41, 5.74) is 1.30. The van der Waals surface area contributed by atoms with Crippen LogP contribution in [-0.4, -0.2) is 33.9 Å². The molecule has 0 bridgehead atoms. The van der Waals surface area contributed by atoms with Crippen LogP contribution in [0, 0.1) is 17.8 Å². The van der Waals surface area contributed by atoms with Crippen molar-refractivity contribution in [1.29, 1.82) is 0 Å². The molecule has 0 radical (unpaired) electrons. The minimum atomic E-state index is -1.79. The topological polar surface area (TPSA) is 35.5 Å². The summed E-state index contributed by atoms with van der Waals surface area (Å²) < 4.78 is 12.2. The second kappa shape index (κ2) is 9.65. The zero-order chi connectivity index (χ0) is 20.1. The summed E-state index contributed by atoms with van der Waals surface area (Å²) in [7, 11) is -0.113.